The van der Waals surface area contributed by atoms with E-state index in [0.29, 0.717) is 4.90 Å². The molecule has 0 bridgehead atoms. The van der Waals surface area contributed by atoms with Gasteiger partial charge in [-0.3, -0.25) is 24.6 Å². The largest absolute Gasteiger partial charge is 0.484 e. The predicted molar refractivity (Wildman–Crippen MR) is 95.6 cm³/mol. The SMILES string of the molecule is O=C1C[C@@H](C(F)(F)F)N(C(=O)COc2ccc([N+](=O)[O-])cc2)c2ccccc2N1. The van der Waals surface area contributed by atoms with Gasteiger partial charge in [0.2, 0.25) is 5.91 Å². The van der Waals surface area contributed by atoms with Crippen LogP contribution in [-0.2, 0) is 9.59 Å². The smallest absolute Gasteiger partial charge is 0.409 e. The Bertz CT molecular complexity index is 947. The molecule has 2 amide bonds. The lowest BCUT2D eigenvalue weighted by molar-refractivity contribution is -0.384. The molecule has 0 aromatic heterocycles. The number of nitrogens with one attached hydrogen (secondary N) is 1. The molecule has 0 unspecified atom stereocenters. The van der Waals surface area contributed by atoms with Crippen LogP contribution in [0.4, 0.5) is 30.2 Å². The zero-order valence-electron chi connectivity index (χ0n) is 14.7. The van der Waals surface area contributed by atoms with Crippen molar-refractivity contribution >= 4 is 28.9 Å². The van der Waals surface area contributed by atoms with E-state index < -0.39 is 42.0 Å². The normalized spacial score (nSPS) is 16.4. The average molecular weight is 409 g/mol. The van der Waals surface area contributed by atoms with E-state index in [2.05, 4.69) is 5.32 Å². The first-order chi connectivity index (χ1) is 13.7. The molecule has 0 fully saturated rings. The van der Waals surface area contributed by atoms with E-state index in [9.17, 15) is 32.9 Å². The van der Waals surface area contributed by atoms with Crippen molar-refractivity contribution in [2.45, 2.75) is 18.6 Å². The van der Waals surface area contributed by atoms with Crippen molar-refractivity contribution < 1.29 is 32.4 Å². The van der Waals surface area contributed by atoms with Crippen LogP contribution in [0.2, 0.25) is 0 Å². The van der Waals surface area contributed by atoms with Crippen LogP contribution in [0, 0.1) is 10.1 Å². The summed E-state index contributed by atoms with van der Waals surface area (Å²) < 4.78 is 46.0. The van der Waals surface area contributed by atoms with E-state index >= 15 is 0 Å². The standard InChI is InChI=1S/C18H14F3N3O5/c19-18(20,21)15-9-16(25)22-13-3-1-2-4-14(13)23(15)17(26)10-29-12-7-5-11(6-8-12)24(27)28/h1-8,15H,9-10H2,(H,22,25)/t15-/m0/s1. The number of anilines is 2. The Morgan fingerprint density at radius 3 is 2.48 bits per heavy atom. The molecular weight excluding hydrogens is 395 g/mol. The van der Waals surface area contributed by atoms with Crippen molar-refractivity contribution in [3.63, 3.8) is 0 Å². The van der Waals surface area contributed by atoms with Crippen LogP contribution in [0.25, 0.3) is 0 Å². The van der Waals surface area contributed by atoms with Crippen molar-refractivity contribution in [1.29, 1.82) is 0 Å². The summed E-state index contributed by atoms with van der Waals surface area (Å²) in [5, 5.41) is 13.0. The summed E-state index contributed by atoms with van der Waals surface area (Å²) >= 11 is 0. The van der Waals surface area contributed by atoms with Gasteiger partial charge in [0.05, 0.1) is 22.7 Å². The number of carbonyl (C=O) groups excluding carboxylic acids is 2. The number of nitrogens with zero attached hydrogens (tertiary/aromatic N) is 2. The number of rotatable bonds is 4. The Kier molecular flexibility index (Phi) is 5.39. The number of nitro benzene ring substituents is 1. The molecule has 1 aliphatic rings. The fourth-order valence-electron chi connectivity index (χ4n) is 2.87. The molecule has 29 heavy (non-hydrogen) atoms. The number of carbonyl (C=O) groups is 2. The molecule has 0 aliphatic carbocycles. The predicted octanol–water partition coefficient (Wildman–Crippen LogP) is 3.28. The molecule has 3 rings (SSSR count). The molecule has 0 saturated heterocycles. The van der Waals surface area contributed by atoms with Gasteiger partial charge >= 0.3 is 6.18 Å². The fraction of sp³-hybridized carbons (Fsp3) is 0.222. The van der Waals surface area contributed by atoms with Gasteiger partial charge in [-0.1, -0.05) is 12.1 Å². The lowest BCUT2D eigenvalue weighted by Gasteiger charge is -2.31. The van der Waals surface area contributed by atoms with Gasteiger partial charge in [0.1, 0.15) is 11.8 Å². The van der Waals surface area contributed by atoms with Gasteiger partial charge in [-0.05, 0) is 24.3 Å². The summed E-state index contributed by atoms with van der Waals surface area (Å²) in [4.78, 5) is 35.1. The molecular formula is C18H14F3N3O5. The number of fused-ring (bicyclic) bond motifs is 1. The topological polar surface area (TPSA) is 102 Å². The molecule has 152 valence electrons. The maximum Gasteiger partial charge on any atom is 0.409 e. The Labute approximate surface area is 162 Å². The van der Waals surface area contributed by atoms with E-state index in [0.717, 1.165) is 12.1 Å². The third-order valence-corrected chi connectivity index (χ3v) is 4.18. The second-order valence-electron chi connectivity index (χ2n) is 6.13. The minimum absolute atomic E-state index is 0.0739. The molecule has 0 saturated carbocycles. The highest BCUT2D eigenvalue weighted by atomic mass is 19.4. The van der Waals surface area contributed by atoms with Crippen molar-refractivity contribution in [3.05, 3.63) is 58.6 Å². The highest BCUT2D eigenvalue weighted by molar-refractivity contribution is 6.05. The third-order valence-electron chi connectivity index (χ3n) is 4.18. The lowest BCUT2D eigenvalue weighted by Crippen LogP contribution is -2.51. The summed E-state index contributed by atoms with van der Waals surface area (Å²) in [5.74, 6) is -1.81. The van der Waals surface area contributed by atoms with Crippen LogP contribution in [0.15, 0.2) is 48.5 Å². The minimum atomic E-state index is -4.85. The average Bonchev–Trinajstić information content (AvgIpc) is 2.82. The zero-order chi connectivity index (χ0) is 21.2. The molecule has 0 radical (unpaired) electrons. The quantitative estimate of drug-likeness (QED) is 0.617. The molecule has 1 atom stereocenters. The molecule has 1 heterocycles. The molecule has 11 heteroatoms. The van der Waals surface area contributed by atoms with E-state index in [1.165, 1.54) is 36.4 Å². The lowest BCUT2D eigenvalue weighted by atomic mass is 10.1. The van der Waals surface area contributed by atoms with Gasteiger partial charge in [0.15, 0.2) is 6.61 Å². The number of para-hydroxylation sites is 2. The number of nitro groups is 1. The fourth-order valence-corrected chi connectivity index (χ4v) is 2.87. The van der Waals surface area contributed by atoms with Crippen LogP contribution >= 0.6 is 0 Å². The van der Waals surface area contributed by atoms with Crippen molar-refractivity contribution in [3.8, 4) is 5.75 Å². The molecule has 8 nitrogen and oxygen atoms in total. The Morgan fingerprint density at radius 2 is 1.86 bits per heavy atom. The number of alkyl halides is 3. The van der Waals surface area contributed by atoms with Gasteiger partial charge in [-0.2, -0.15) is 13.2 Å². The van der Waals surface area contributed by atoms with E-state index in [4.69, 9.17) is 4.74 Å². The Morgan fingerprint density at radius 1 is 1.21 bits per heavy atom. The molecule has 1 N–H and O–H groups in total. The Hall–Kier alpha value is -3.63. The van der Waals surface area contributed by atoms with E-state index in [1.54, 1.807) is 0 Å². The first-order valence-corrected chi connectivity index (χ1v) is 8.31. The maximum absolute atomic E-state index is 13.6. The summed E-state index contributed by atoms with van der Waals surface area (Å²) in [5.41, 5.74) is -0.224. The first kappa shape index (κ1) is 20.1. The second kappa shape index (κ2) is 7.78. The summed E-state index contributed by atoms with van der Waals surface area (Å²) in [7, 11) is 0. The number of hydrogen-bond donors (Lipinski definition) is 1. The van der Waals surface area contributed by atoms with Gasteiger partial charge < -0.3 is 10.1 Å². The maximum atomic E-state index is 13.6. The number of amides is 2. The highest BCUT2D eigenvalue weighted by Crippen LogP contribution is 2.37. The van der Waals surface area contributed by atoms with Gasteiger partial charge in [0, 0.05) is 12.1 Å². The summed E-state index contributed by atoms with van der Waals surface area (Å²) in [6, 6.07) is 8.03. The van der Waals surface area contributed by atoms with Crippen LogP contribution in [-0.4, -0.2) is 35.6 Å². The molecule has 2 aromatic rings. The van der Waals surface area contributed by atoms with Gasteiger partial charge in [0.25, 0.3) is 11.6 Å². The number of ether oxygens (including phenoxy) is 1. The Balaban J connectivity index is 1.87. The molecule has 1 aliphatic heterocycles. The second-order valence-corrected chi connectivity index (χ2v) is 6.13. The van der Waals surface area contributed by atoms with Crippen molar-refractivity contribution in [2.75, 3.05) is 16.8 Å². The van der Waals surface area contributed by atoms with Crippen LogP contribution < -0.4 is 15.0 Å². The van der Waals surface area contributed by atoms with Crippen molar-refractivity contribution in [2.24, 2.45) is 0 Å². The number of benzene rings is 2. The molecule has 2 aromatic carbocycles. The summed E-state index contributed by atoms with van der Waals surface area (Å²) in [6.45, 7) is -0.757. The van der Waals surface area contributed by atoms with Gasteiger partial charge in [-0.25, -0.2) is 0 Å². The highest BCUT2D eigenvalue weighted by Gasteiger charge is 2.49. The van der Waals surface area contributed by atoms with Crippen LogP contribution in [0.3, 0.4) is 0 Å². The number of non-ortho nitro benzene ring substituents is 1. The van der Waals surface area contributed by atoms with Gasteiger partial charge in [-0.15, -0.1) is 0 Å². The first-order valence-electron chi connectivity index (χ1n) is 8.31. The van der Waals surface area contributed by atoms with Crippen LogP contribution in [0.1, 0.15) is 6.42 Å². The monoisotopic (exact) mass is 409 g/mol. The zero-order valence-corrected chi connectivity index (χ0v) is 14.7. The van der Waals surface area contributed by atoms with E-state index in [1.807, 2.05) is 0 Å². The van der Waals surface area contributed by atoms with Crippen LogP contribution in [0.5, 0.6) is 5.75 Å². The minimum Gasteiger partial charge on any atom is -0.484 e. The number of halogens is 3. The molecule has 0 spiro atoms. The third kappa shape index (κ3) is 4.45. The van der Waals surface area contributed by atoms with E-state index in [-0.39, 0.29) is 22.8 Å². The van der Waals surface area contributed by atoms with Crippen molar-refractivity contribution in [1.82, 2.24) is 0 Å². The number of hydrogen-bond acceptors (Lipinski definition) is 5. The summed E-state index contributed by atoms with van der Waals surface area (Å²) in [6.07, 6.45) is -5.81.